The average Bonchev–Trinajstić information content (AvgIpc) is 3.18. The largest absolute Gasteiger partial charge is 0.486 e. The molecule has 1 fully saturated rings. The Morgan fingerprint density at radius 3 is 2.63 bits per heavy atom. The molecule has 2 aliphatic rings. The van der Waals surface area contributed by atoms with Crippen LogP contribution in [0, 0.1) is 5.92 Å². The lowest BCUT2D eigenvalue weighted by atomic mass is 9.90. The van der Waals surface area contributed by atoms with E-state index in [4.69, 9.17) is 16.3 Å². The fraction of sp³-hybridized carbons (Fsp3) is 0.400. The van der Waals surface area contributed by atoms with Gasteiger partial charge in [0.25, 0.3) is 5.91 Å². The summed E-state index contributed by atoms with van der Waals surface area (Å²) in [6, 6.07) is 16.4. The van der Waals surface area contributed by atoms with Crippen LogP contribution in [0.5, 0.6) is 5.75 Å². The third-order valence-corrected chi connectivity index (χ3v) is 6.92. The molecule has 30 heavy (non-hydrogen) atoms. The number of carbonyl (C=O) groups excluding carboxylic acids is 1. The van der Waals surface area contributed by atoms with Gasteiger partial charge in [0.15, 0.2) is 0 Å². The van der Waals surface area contributed by atoms with Gasteiger partial charge in [0.1, 0.15) is 17.5 Å². The fourth-order valence-corrected chi connectivity index (χ4v) is 5.07. The summed E-state index contributed by atoms with van der Waals surface area (Å²) in [7, 11) is 0. The van der Waals surface area contributed by atoms with Gasteiger partial charge in [0.05, 0.1) is 17.1 Å². The lowest BCUT2D eigenvalue weighted by Gasteiger charge is -2.33. The minimum atomic E-state index is 0.0810. The summed E-state index contributed by atoms with van der Waals surface area (Å²) in [6.07, 6.45) is 4.18. The van der Waals surface area contributed by atoms with Crippen molar-refractivity contribution in [3.05, 3.63) is 64.8 Å². The third-order valence-electron chi connectivity index (χ3n) is 6.59. The molecule has 0 bridgehead atoms. The second-order valence-electron chi connectivity index (χ2n) is 8.52. The Morgan fingerprint density at radius 1 is 1.13 bits per heavy atom. The van der Waals surface area contributed by atoms with Crippen molar-refractivity contribution in [3.63, 3.8) is 0 Å². The summed E-state index contributed by atoms with van der Waals surface area (Å²) in [5, 5.41) is 1.58. The van der Waals surface area contributed by atoms with E-state index >= 15 is 0 Å². The predicted octanol–water partition coefficient (Wildman–Crippen LogP) is 5.56. The Labute approximate surface area is 182 Å². The maximum Gasteiger partial charge on any atom is 0.270 e. The summed E-state index contributed by atoms with van der Waals surface area (Å²) in [5.41, 5.74) is 3.08. The number of carbonyl (C=O) groups is 1. The van der Waals surface area contributed by atoms with E-state index < -0.39 is 0 Å². The van der Waals surface area contributed by atoms with Crippen LogP contribution < -0.4 is 4.74 Å². The molecule has 1 atom stereocenters. The molecule has 4 nitrogen and oxygen atoms in total. The number of nitrogens with zero attached hydrogens (tertiary/aromatic N) is 2. The fourth-order valence-electron chi connectivity index (χ4n) is 4.86. The first-order valence-electron chi connectivity index (χ1n) is 11.0. The van der Waals surface area contributed by atoms with E-state index in [1.54, 1.807) is 0 Å². The average molecular weight is 423 g/mol. The van der Waals surface area contributed by atoms with Gasteiger partial charge in [-0.25, -0.2) is 0 Å². The number of halogens is 1. The van der Waals surface area contributed by atoms with E-state index in [1.165, 1.54) is 5.56 Å². The molecular weight excluding hydrogens is 396 g/mol. The molecule has 0 radical (unpaired) electrons. The zero-order valence-electron chi connectivity index (χ0n) is 17.3. The second-order valence-corrected chi connectivity index (χ2v) is 8.93. The quantitative estimate of drug-likeness (QED) is 0.551. The zero-order chi connectivity index (χ0) is 20.7. The van der Waals surface area contributed by atoms with Gasteiger partial charge in [0, 0.05) is 18.5 Å². The van der Waals surface area contributed by atoms with Crippen molar-refractivity contribution in [1.29, 1.82) is 0 Å². The molecule has 2 aromatic carbocycles. The molecule has 2 aliphatic heterocycles. The van der Waals surface area contributed by atoms with Crippen molar-refractivity contribution >= 4 is 28.4 Å². The van der Waals surface area contributed by atoms with Gasteiger partial charge in [-0.05, 0) is 55.4 Å². The standard InChI is InChI=1S/C25H27ClN2O2/c1-2-19-16-28-22(15-20-21(26)8-9-23(30-19)24(20)28)25(29)27-12-10-18(11-13-27)14-17-6-4-3-5-7-17/h3-9,15,18-19H,2,10-14,16H2,1H3/t19-/m1/s1. The van der Waals surface area contributed by atoms with Gasteiger partial charge < -0.3 is 14.2 Å². The van der Waals surface area contributed by atoms with Crippen LogP contribution >= 0.6 is 11.6 Å². The van der Waals surface area contributed by atoms with Crippen LogP contribution in [0.1, 0.15) is 42.2 Å². The minimum absolute atomic E-state index is 0.0810. The van der Waals surface area contributed by atoms with Crippen LogP contribution in [-0.4, -0.2) is 34.6 Å². The summed E-state index contributed by atoms with van der Waals surface area (Å²) < 4.78 is 8.24. The number of piperidine rings is 1. The van der Waals surface area contributed by atoms with Gasteiger partial charge in [-0.15, -0.1) is 0 Å². The molecule has 1 amide bonds. The van der Waals surface area contributed by atoms with E-state index in [0.29, 0.717) is 17.5 Å². The minimum Gasteiger partial charge on any atom is -0.486 e. The second kappa shape index (κ2) is 7.99. The van der Waals surface area contributed by atoms with Crippen LogP contribution in [0.25, 0.3) is 10.9 Å². The van der Waals surface area contributed by atoms with Crippen LogP contribution in [0.15, 0.2) is 48.5 Å². The SMILES string of the molecule is CC[C@@H]1Cn2c(C(=O)N3CCC(Cc4ccccc4)CC3)cc3c(Cl)ccc(c32)O1. The van der Waals surface area contributed by atoms with Crippen molar-refractivity contribution in [3.8, 4) is 5.75 Å². The number of ether oxygens (including phenoxy) is 1. The highest BCUT2D eigenvalue weighted by Gasteiger charge is 2.30. The normalized spacial score (nSPS) is 19.1. The summed E-state index contributed by atoms with van der Waals surface area (Å²) in [4.78, 5) is 15.5. The highest BCUT2D eigenvalue weighted by molar-refractivity contribution is 6.36. The Bertz CT molecular complexity index is 1070. The first-order valence-corrected chi connectivity index (χ1v) is 11.3. The van der Waals surface area contributed by atoms with Gasteiger partial charge >= 0.3 is 0 Å². The van der Waals surface area contributed by atoms with Crippen molar-refractivity contribution in [1.82, 2.24) is 9.47 Å². The number of aromatic nitrogens is 1. The van der Waals surface area contributed by atoms with Gasteiger partial charge in [-0.2, -0.15) is 0 Å². The summed E-state index contributed by atoms with van der Waals surface area (Å²) in [6.45, 7) is 4.43. The molecule has 3 aromatic rings. The van der Waals surface area contributed by atoms with Gasteiger partial charge in [-0.1, -0.05) is 48.9 Å². The Hall–Kier alpha value is -2.46. The predicted molar refractivity (Wildman–Crippen MR) is 120 cm³/mol. The molecule has 0 spiro atoms. The lowest BCUT2D eigenvalue weighted by Crippen LogP contribution is -2.40. The molecule has 1 saturated heterocycles. The monoisotopic (exact) mass is 422 g/mol. The van der Waals surface area contributed by atoms with Crippen molar-refractivity contribution < 1.29 is 9.53 Å². The molecular formula is C25H27ClN2O2. The molecule has 0 unspecified atom stereocenters. The number of rotatable bonds is 4. The third kappa shape index (κ3) is 3.47. The topological polar surface area (TPSA) is 34.5 Å². The Morgan fingerprint density at radius 2 is 1.90 bits per heavy atom. The van der Waals surface area contributed by atoms with Crippen LogP contribution in [0.4, 0.5) is 0 Å². The highest BCUT2D eigenvalue weighted by atomic mass is 35.5. The van der Waals surface area contributed by atoms with E-state index in [1.807, 2.05) is 23.1 Å². The molecule has 156 valence electrons. The van der Waals surface area contributed by atoms with E-state index in [2.05, 4.69) is 41.8 Å². The van der Waals surface area contributed by atoms with Crippen LogP contribution in [0.2, 0.25) is 5.02 Å². The number of hydrogen-bond acceptors (Lipinski definition) is 2. The van der Waals surface area contributed by atoms with Crippen molar-refractivity contribution in [2.75, 3.05) is 13.1 Å². The Balaban J connectivity index is 1.36. The highest BCUT2D eigenvalue weighted by Crippen LogP contribution is 2.38. The van der Waals surface area contributed by atoms with Gasteiger partial charge in [-0.3, -0.25) is 4.79 Å². The first kappa shape index (κ1) is 19.5. The van der Waals surface area contributed by atoms with E-state index in [0.717, 1.165) is 61.1 Å². The molecule has 0 aliphatic carbocycles. The molecule has 3 heterocycles. The van der Waals surface area contributed by atoms with Crippen molar-refractivity contribution in [2.24, 2.45) is 5.92 Å². The van der Waals surface area contributed by atoms with E-state index in [9.17, 15) is 4.79 Å². The number of likely N-dealkylation sites (tertiary alicyclic amines) is 1. The number of hydrogen-bond donors (Lipinski definition) is 0. The van der Waals surface area contributed by atoms with Crippen molar-refractivity contribution in [2.45, 2.75) is 45.3 Å². The summed E-state index contributed by atoms with van der Waals surface area (Å²) in [5.74, 6) is 1.58. The number of benzene rings is 2. The molecule has 5 rings (SSSR count). The Kier molecular flexibility index (Phi) is 5.20. The molecule has 0 saturated carbocycles. The smallest absolute Gasteiger partial charge is 0.270 e. The molecule has 1 aromatic heterocycles. The molecule has 5 heteroatoms. The van der Waals surface area contributed by atoms with E-state index in [-0.39, 0.29) is 12.0 Å². The molecule has 0 N–H and O–H groups in total. The zero-order valence-corrected chi connectivity index (χ0v) is 18.1. The maximum absolute atomic E-state index is 13.5. The van der Waals surface area contributed by atoms with Crippen LogP contribution in [0.3, 0.4) is 0 Å². The number of amides is 1. The van der Waals surface area contributed by atoms with Crippen LogP contribution in [-0.2, 0) is 13.0 Å². The van der Waals surface area contributed by atoms with Gasteiger partial charge in [0.2, 0.25) is 0 Å². The maximum atomic E-state index is 13.5. The summed E-state index contributed by atoms with van der Waals surface area (Å²) >= 11 is 6.46. The lowest BCUT2D eigenvalue weighted by molar-refractivity contribution is 0.0674. The first-order chi connectivity index (χ1) is 14.6.